The highest BCUT2D eigenvalue weighted by molar-refractivity contribution is 9.10. The summed E-state index contributed by atoms with van der Waals surface area (Å²) in [6.45, 7) is 3.13. The van der Waals surface area contributed by atoms with E-state index in [0.29, 0.717) is 70.1 Å². The van der Waals surface area contributed by atoms with Crippen LogP contribution in [0.15, 0.2) is 53.7 Å². The van der Waals surface area contributed by atoms with E-state index in [1.165, 1.54) is 0 Å². The number of amides is 4. The van der Waals surface area contributed by atoms with Crippen molar-refractivity contribution in [1.82, 2.24) is 34.6 Å². The summed E-state index contributed by atoms with van der Waals surface area (Å²) in [6, 6.07) is 6.63. The van der Waals surface area contributed by atoms with Crippen molar-refractivity contribution in [2.75, 3.05) is 39.3 Å². The van der Waals surface area contributed by atoms with Gasteiger partial charge in [0.25, 0.3) is 0 Å². The van der Waals surface area contributed by atoms with Gasteiger partial charge in [0.15, 0.2) is 0 Å². The molecule has 3 aromatic rings. The molecule has 244 valence electrons. The van der Waals surface area contributed by atoms with Crippen LogP contribution < -0.4 is 11.1 Å². The van der Waals surface area contributed by atoms with Crippen LogP contribution in [0.5, 0.6) is 0 Å². The molecule has 1 aliphatic carbocycles. The molecule has 2 aliphatic heterocycles. The first-order chi connectivity index (χ1) is 22.3. The molecule has 0 spiro atoms. The third kappa shape index (κ3) is 7.31. The van der Waals surface area contributed by atoms with Crippen molar-refractivity contribution >= 4 is 45.6 Å². The molecule has 4 amide bonds. The number of fused-ring (bicyclic) bond motifs is 2. The van der Waals surface area contributed by atoms with Gasteiger partial charge in [-0.25, -0.2) is 14.6 Å². The number of nitrogens with zero attached hydrogens (tertiary/aromatic N) is 6. The molecule has 14 heteroatoms. The number of nitrogens with one attached hydrogen (secondary N) is 1. The number of piperidine rings is 1. The fraction of sp³-hybridized carbons (Fsp3) is 0.469. The molecule has 4 heterocycles. The van der Waals surface area contributed by atoms with E-state index >= 15 is 0 Å². The van der Waals surface area contributed by atoms with Crippen LogP contribution in [-0.4, -0.2) is 98.7 Å². The lowest BCUT2D eigenvalue weighted by atomic mass is 9.95. The van der Waals surface area contributed by atoms with Crippen LogP contribution in [0.25, 0.3) is 0 Å². The molecular weight excluding hydrogens is 676 g/mol. The molecule has 2 fully saturated rings. The molecule has 46 heavy (non-hydrogen) atoms. The van der Waals surface area contributed by atoms with Crippen LogP contribution in [0.4, 0.5) is 9.59 Å². The third-order valence-corrected chi connectivity index (χ3v) is 9.75. The normalized spacial score (nSPS) is 20.4. The molecule has 2 atom stereocenters. The fourth-order valence-corrected chi connectivity index (χ4v) is 7.25. The molecule has 1 aromatic carbocycles. The van der Waals surface area contributed by atoms with Gasteiger partial charge < -0.3 is 25.3 Å². The number of ether oxygens (including phenoxy) is 1. The number of hydrogen-bond acceptors (Lipinski definition) is 7. The van der Waals surface area contributed by atoms with Crippen molar-refractivity contribution in [3.8, 4) is 0 Å². The van der Waals surface area contributed by atoms with E-state index in [1.807, 2.05) is 29.1 Å². The molecule has 0 saturated carbocycles. The van der Waals surface area contributed by atoms with Gasteiger partial charge in [0.1, 0.15) is 12.1 Å². The summed E-state index contributed by atoms with van der Waals surface area (Å²) in [5.41, 5.74) is 9.76. The van der Waals surface area contributed by atoms with Gasteiger partial charge in [-0.05, 0) is 70.1 Å². The Hall–Kier alpha value is -3.68. The van der Waals surface area contributed by atoms with Crippen LogP contribution in [0.1, 0.15) is 47.7 Å². The number of imidazole rings is 1. The smallest absolute Gasteiger partial charge is 0.410 e. The van der Waals surface area contributed by atoms with Crippen molar-refractivity contribution in [2.24, 2.45) is 5.73 Å². The zero-order chi connectivity index (χ0) is 32.2. The average molecular weight is 714 g/mol. The number of rotatable bonds is 7. The van der Waals surface area contributed by atoms with Gasteiger partial charge in [-0.2, -0.15) is 0 Å². The molecule has 6 rings (SSSR count). The number of aryl methyl sites for hydroxylation is 3. The van der Waals surface area contributed by atoms with Crippen molar-refractivity contribution < 1.29 is 19.1 Å². The van der Waals surface area contributed by atoms with E-state index in [9.17, 15) is 14.4 Å². The van der Waals surface area contributed by atoms with Crippen LogP contribution in [-0.2, 0) is 28.9 Å². The minimum atomic E-state index is -0.780. The predicted octanol–water partition coefficient (Wildman–Crippen LogP) is 3.75. The number of aromatic nitrogens is 3. The first-order valence-corrected chi connectivity index (χ1v) is 16.9. The Labute approximate surface area is 281 Å². The summed E-state index contributed by atoms with van der Waals surface area (Å²) in [7, 11) is 0. The molecule has 12 nitrogen and oxygen atoms in total. The van der Waals surface area contributed by atoms with E-state index in [-0.39, 0.29) is 18.1 Å². The second-order valence-electron chi connectivity index (χ2n) is 12.0. The van der Waals surface area contributed by atoms with Crippen LogP contribution in [0, 0.1) is 0 Å². The number of primary amides is 1. The molecule has 0 radical (unpaired) electrons. The van der Waals surface area contributed by atoms with Gasteiger partial charge in [0.05, 0.1) is 18.1 Å². The van der Waals surface area contributed by atoms with Crippen LogP contribution >= 0.6 is 27.5 Å². The standard InChI is InChI=1S/C32H38BrClN8O4/c33-23-16-22-3-2-21-17-24(34)4-5-26(21)29(28(22)38-18-23)41-14-15-42(32(45)46-25-6-11-40(12-7-25)31(35)44)27(19-41)30(43)37-8-1-10-39-13-9-36-20-39/h4-5,9,13,16-18,20,25,27,29H,1-3,6-8,10-12,14-15,19H2,(H2,35,44)(H,37,43). The SMILES string of the molecule is NC(=O)N1CCC(OC(=O)N2CCN(C3c4ccc(Cl)cc4CCc4cc(Br)cnc43)CC2C(=O)NCCCn2ccnc2)CC1. The van der Waals surface area contributed by atoms with Crippen molar-refractivity contribution in [3.05, 3.63) is 81.1 Å². The van der Waals surface area contributed by atoms with Gasteiger partial charge in [-0.3, -0.25) is 19.6 Å². The summed E-state index contributed by atoms with van der Waals surface area (Å²) in [4.78, 5) is 53.4. The number of pyridine rings is 1. The zero-order valence-electron chi connectivity index (χ0n) is 25.5. The number of piperazine rings is 1. The Balaban J connectivity index is 1.23. The Kier molecular flexibility index (Phi) is 10.1. The number of carbonyl (C=O) groups excluding carboxylic acids is 3. The second-order valence-corrected chi connectivity index (χ2v) is 13.4. The Bertz CT molecular complexity index is 1510. The highest BCUT2D eigenvalue weighted by Gasteiger charge is 2.41. The highest BCUT2D eigenvalue weighted by Crippen LogP contribution is 2.38. The molecular formula is C32H38BrClN8O4. The molecule has 3 N–H and O–H groups in total. The maximum Gasteiger partial charge on any atom is 0.410 e. The lowest BCUT2D eigenvalue weighted by molar-refractivity contribution is -0.129. The maximum atomic E-state index is 13.9. The van der Waals surface area contributed by atoms with Crippen molar-refractivity contribution in [3.63, 3.8) is 0 Å². The maximum absolute atomic E-state index is 13.9. The Morgan fingerprint density at radius 3 is 2.65 bits per heavy atom. The third-order valence-electron chi connectivity index (χ3n) is 9.08. The lowest BCUT2D eigenvalue weighted by Crippen LogP contribution is -2.61. The first-order valence-electron chi connectivity index (χ1n) is 15.7. The van der Waals surface area contributed by atoms with Crippen LogP contribution in [0.2, 0.25) is 5.02 Å². The first kappa shape index (κ1) is 32.3. The molecule has 2 aromatic heterocycles. The number of hydrogen-bond donors (Lipinski definition) is 2. The lowest BCUT2D eigenvalue weighted by Gasteiger charge is -2.44. The van der Waals surface area contributed by atoms with Crippen LogP contribution in [0.3, 0.4) is 0 Å². The second kappa shape index (κ2) is 14.4. The number of nitrogens with two attached hydrogens (primary N) is 1. The Morgan fingerprint density at radius 2 is 1.89 bits per heavy atom. The summed E-state index contributed by atoms with van der Waals surface area (Å²) in [6.07, 6.45) is 9.63. The number of halogens is 2. The minimum Gasteiger partial charge on any atom is -0.446 e. The van der Waals surface area contributed by atoms with E-state index in [2.05, 4.69) is 43.3 Å². The van der Waals surface area contributed by atoms with Gasteiger partial charge in [0, 0.05) is 86.7 Å². The fourth-order valence-electron chi connectivity index (χ4n) is 6.68. The molecule has 2 unspecified atom stereocenters. The number of carbonyl (C=O) groups is 3. The van der Waals surface area contributed by atoms with Gasteiger partial charge in [-0.15, -0.1) is 0 Å². The summed E-state index contributed by atoms with van der Waals surface area (Å²) < 4.78 is 8.79. The largest absolute Gasteiger partial charge is 0.446 e. The van der Waals surface area contributed by atoms with E-state index in [1.54, 1.807) is 22.3 Å². The van der Waals surface area contributed by atoms with Gasteiger partial charge >= 0.3 is 12.1 Å². The molecule has 0 bridgehead atoms. The Morgan fingerprint density at radius 1 is 1.09 bits per heavy atom. The summed E-state index contributed by atoms with van der Waals surface area (Å²) >= 11 is 10.0. The molecule has 3 aliphatic rings. The van der Waals surface area contributed by atoms with Crippen molar-refractivity contribution in [2.45, 2.75) is 56.8 Å². The average Bonchev–Trinajstić information content (AvgIpc) is 3.52. The topological polar surface area (TPSA) is 139 Å². The number of likely N-dealkylation sites (tertiary alicyclic amines) is 1. The highest BCUT2D eigenvalue weighted by atomic mass is 79.9. The summed E-state index contributed by atoms with van der Waals surface area (Å²) in [5, 5.41) is 3.74. The number of benzene rings is 1. The number of urea groups is 1. The van der Waals surface area contributed by atoms with E-state index in [4.69, 9.17) is 27.1 Å². The predicted molar refractivity (Wildman–Crippen MR) is 175 cm³/mol. The van der Waals surface area contributed by atoms with Gasteiger partial charge in [-0.1, -0.05) is 17.7 Å². The van der Waals surface area contributed by atoms with E-state index in [0.717, 1.165) is 39.7 Å². The quantitative estimate of drug-likeness (QED) is 0.356. The van der Waals surface area contributed by atoms with Gasteiger partial charge in [0.2, 0.25) is 5.91 Å². The monoisotopic (exact) mass is 712 g/mol. The minimum absolute atomic E-state index is 0.217. The zero-order valence-corrected chi connectivity index (χ0v) is 27.8. The molecule has 2 saturated heterocycles. The summed E-state index contributed by atoms with van der Waals surface area (Å²) in [5.74, 6) is -0.232. The van der Waals surface area contributed by atoms with E-state index < -0.39 is 18.2 Å². The van der Waals surface area contributed by atoms with Crippen molar-refractivity contribution in [1.29, 1.82) is 0 Å².